The zero-order valence-electron chi connectivity index (χ0n) is 11.4. The summed E-state index contributed by atoms with van der Waals surface area (Å²) in [5.41, 5.74) is 2.66. The van der Waals surface area contributed by atoms with E-state index in [1.165, 1.54) is 12.8 Å². The van der Waals surface area contributed by atoms with Crippen molar-refractivity contribution in [1.29, 1.82) is 5.26 Å². The summed E-state index contributed by atoms with van der Waals surface area (Å²) in [5, 5.41) is 22.1. The molecule has 2 N–H and O–H groups in total. The molecule has 1 heterocycles. The van der Waals surface area contributed by atoms with Gasteiger partial charge >= 0.3 is 0 Å². The van der Waals surface area contributed by atoms with Crippen LogP contribution in [0.15, 0.2) is 18.2 Å². The lowest BCUT2D eigenvalue weighted by Gasteiger charge is -2.20. The molecule has 1 unspecified atom stereocenters. The Hall–Kier alpha value is -1.57. The number of nitriles is 1. The molecule has 4 nitrogen and oxygen atoms in total. The van der Waals surface area contributed by atoms with Crippen molar-refractivity contribution in [2.75, 3.05) is 31.5 Å². The number of aliphatic hydroxyl groups is 1. The van der Waals surface area contributed by atoms with E-state index in [2.05, 4.69) is 16.3 Å². The van der Waals surface area contributed by atoms with Crippen LogP contribution in [0.3, 0.4) is 0 Å². The SMILES string of the molecule is Cc1ccc(C#N)cc1NCC(O)CN1CCCC1. The van der Waals surface area contributed by atoms with Gasteiger partial charge in [-0.25, -0.2) is 0 Å². The van der Waals surface area contributed by atoms with Crippen LogP contribution in [0, 0.1) is 18.3 Å². The van der Waals surface area contributed by atoms with E-state index in [1.807, 2.05) is 19.1 Å². The van der Waals surface area contributed by atoms with Crippen molar-refractivity contribution >= 4 is 5.69 Å². The van der Waals surface area contributed by atoms with Gasteiger partial charge in [-0.1, -0.05) is 6.07 Å². The lowest BCUT2D eigenvalue weighted by atomic mass is 10.1. The first-order valence-electron chi connectivity index (χ1n) is 6.84. The number of hydrogen-bond acceptors (Lipinski definition) is 4. The van der Waals surface area contributed by atoms with Crippen LogP contribution in [-0.2, 0) is 0 Å². The van der Waals surface area contributed by atoms with Crippen LogP contribution in [0.1, 0.15) is 24.0 Å². The van der Waals surface area contributed by atoms with E-state index in [4.69, 9.17) is 5.26 Å². The lowest BCUT2D eigenvalue weighted by Crippen LogP contribution is -2.34. The van der Waals surface area contributed by atoms with Gasteiger partial charge in [0.25, 0.3) is 0 Å². The summed E-state index contributed by atoms with van der Waals surface area (Å²) in [6.07, 6.45) is 2.11. The summed E-state index contributed by atoms with van der Waals surface area (Å²) in [7, 11) is 0. The summed E-state index contributed by atoms with van der Waals surface area (Å²) in [5.74, 6) is 0. The third-order valence-corrected chi connectivity index (χ3v) is 3.56. The summed E-state index contributed by atoms with van der Waals surface area (Å²) in [6.45, 7) is 5.44. The van der Waals surface area contributed by atoms with Gasteiger partial charge in [-0.05, 0) is 50.6 Å². The maximum atomic E-state index is 10.0. The maximum Gasteiger partial charge on any atom is 0.0992 e. The monoisotopic (exact) mass is 259 g/mol. The van der Waals surface area contributed by atoms with Crippen molar-refractivity contribution in [3.8, 4) is 6.07 Å². The van der Waals surface area contributed by atoms with Crippen molar-refractivity contribution < 1.29 is 5.11 Å². The molecule has 1 saturated heterocycles. The minimum absolute atomic E-state index is 0.372. The molecule has 0 radical (unpaired) electrons. The number of β-amino-alcohol motifs (C(OH)–C–C–N with tert-alkyl or cyclic N) is 1. The quantitative estimate of drug-likeness (QED) is 0.845. The predicted molar refractivity (Wildman–Crippen MR) is 76.1 cm³/mol. The van der Waals surface area contributed by atoms with E-state index in [9.17, 15) is 5.11 Å². The first kappa shape index (κ1) is 13.9. The second-order valence-electron chi connectivity index (χ2n) is 5.18. The van der Waals surface area contributed by atoms with Crippen molar-refractivity contribution in [3.05, 3.63) is 29.3 Å². The third kappa shape index (κ3) is 3.95. The van der Waals surface area contributed by atoms with Crippen molar-refractivity contribution in [3.63, 3.8) is 0 Å². The normalized spacial score (nSPS) is 17.1. The first-order chi connectivity index (χ1) is 9.19. The Morgan fingerprint density at radius 2 is 2.16 bits per heavy atom. The zero-order valence-corrected chi connectivity index (χ0v) is 11.4. The van der Waals surface area contributed by atoms with E-state index in [-0.39, 0.29) is 6.10 Å². The molecule has 0 amide bonds. The molecule has 0 aliphatic carbocycles. The molecular weight excluding hydrogens is 238 g/mol. The number of likely N-dealkylation sites (tertiary alicyclic amines) is 1. The van der Waals surface area contributed by atoms with Crippen molar-refractivity contribution in [2.45, 2.75) is 25.9 Å². The van der Waals surface area contributed by atoms with Gasteiger partial charge in [0, 0.05) is 18.8 Å². The van der Waals surface area contributed by atoms with Gasteiger partial charge in [-0.15, -0.1) is 0 Å². The largest absolute Gasteiger partial charge is 0.390 e. The Balaban J connectivity index is 1.85. The molecule has 0 aromatic heterocycles. The van der Waals surface area contributed by atoms with Gasteiger partial charge in [0.05, 0.1) is 17.7 Å². The van der Waals surface area contributed by atoms with Crippen LogP contribution < -0.4 is 5.32 Å². The fourth-order valence-corrected chi connectivity index (χ4v) is 2.44. The number of nitrogens with one attached hydrogen (secondary N) is 1. The zero-order chi connectivity index (χ0) is 13.7. The Bertz CT molecular complexity index is 461. The fourth-order valence-electron chi connectivity index (χ4n) is 2.44. The molecule has 4 heteroatoms. The summed E-state index contributed by atoms with van der Waals surface area (Å²) in [6, 6.07) is 7.69. The highest BCUT2D eigenvalue weighted by Gasteiger charge is 2.15. The summed E-state index contributed by atoms with van der Waals surface area (Å²) in [4.78, 5) is 2.30. The van der Waals surface area contributed by atoms with E-state index >= 15 is 0 Å². The average Bonchev–Trinajstić information content (AvgIpc) is 2.90. The molecule has 0 bridgehead atoms. The molecule has 1 aromatic carbocycles. The number of hydrogen-bond donors (Lipinski definition) is 2. The number of benzene rings is 1. The Morgan fingerprint density at radius 3 is 2.84 bits per heavy atom. The van der Waals surface area contributed by atoms with Gasteiger partial charge in [-0.2, -0.15) is 5.26 Å². The Labute approximate surface area is 114 Å². The molecule has 19 heavy (non-hydrogen) atoms. The third-order valence-electron chi connectivity index (χ3n) is 3.56. The topological polar surface area (TPSA) is 59.3 Å². The Morgan fingerprint density at radius 1 is 1.42 bits per heavy atom. The first-order valence-corrected chi connectivity index (χ1v) is 6.84. The van der Waals surface area contributed by atoms with Gasteiger partial charge in [-0.3, -0.25) is 0 Å². The van der Waals surface area contributed by atoms with E-state index < -0.39 is 0 Å². The van der Waals surface area contributed by atoms with Crippen LogP contribution in [0.2, 0.25) is 0 Å². The van der Waals surface area contributed by atoms with Crippen LogP contribution >= 0.6 is 0 Å². The highest BCUT2D eigenvalue weighted by Crippen LogP contribution is 2.16. The highest BCUT2D eigenvalue weighted by molar-refractivity contribution is 5.55. The molecule has 102 valence electrons. The van der Waals surface area contributed by atoms with Gasteiger partial charge in [0.2, 0.25) is 0 Å². The molecule has 0 saturated carbocycles. The average molecular weight is 259 g/mol. The van der Waals surface area contributed by atoms with Crippen LogP contribution in [0.4, 0.5) is 5.69 Å². The number of aliphatic hydroxyl groups excluding tert-OH is 1. The number of anilines is 1. The molecule has 2 rings (SSSR count). The smallest absolute Gasteiger partial charge is 0.0992 e. The Kier molecular flexibility index (Phi) is 4.78. The number of nitrogens with zero attached hydrogens (tertiary/aromatic N) is 2. The molecule has 1 atom stereocenters. The standard InChI is InChI=1S/C15H21N3O/c1-12-4-5-13(9-16)8-15(12)17-10-14(19)11-18-6-2-3-7-18/h4-5,8,14,17,19H,2-3,6-7,10-11H2,1H3. The minimum atomic E-state index is -0.372. The summed E-state index contributed by atoms with van der Waals surface area (Å²) >= 11 is 0. The second-order valence-corrected chi connectivity index (χ2v) is 5.18. The highest BCUT2D eigenvalue weighted by atomic mass is 16.3. The van der Waals surface area contributed by atoms with Crippen molar-refractivity contribution in [2.24, 2.45) is 0 Å². The maximum absolute atomic E-state index is 10.0. The van der Waals surface area contributed by atoms with Crippen LogP contribution in [0.25, 0.3) is 0 Å². The van der Waals surface area contributed by atoms with Gasteiger partial charge in [0.1, 0.15) is 0 Å². The van der Waals surface area contributed by atoms with E-state index in [0.29, 0.717) is 12.1 Å². The molecule has 1 fully saturated rings. The predicted octanol–water partition coefficient (Wildman–Crippen LogP) is 1.74. The second kappa shape index (κ2) is 6.55. The molecule has 1 aromatic rings. The number of rotatable bonds is 5. The summed E-state index contributed by atoms with van der Waals surface area (Å²) < 4.78 is 0. The number of aryl methyl sites for hydroxylation is 1. The van der Waals surface area contributed by atoms with Crippen molar-refractivity contribution in [1.82, 2.24) is 4.90 Å². The van der Waals surface area contributed by atoms with Crippen LogP contribution in [0.5, 0.6) is 0 Å². The lowest BCUT2D eigenvalue weighted by molar-refractivity contribution is 0.135. The molecule has 1 aliphatic rings. The van der Waals surface area contributed by atoms with E-state index in [1.54, 1.807) is 6.07 Å². The minimum Gasteiger partial charge on any atom is -0.390 e. The van der Waals surface area contributed by atoms with Crippen LogP contribution in [-0.4, -0.2) is 42.3 Å². The van der Waals surface area contributed by atoms with Gasteiger partial charge < -0.3 is 15.3 Å². The van der Waals surface area contributed by atoms with E-state index in [0.717, 1.165) is 30.9 Å². The fraction of sp³-hybridized carbons (Fsp3) is 0.533. The molecular formula is C15H21N3O. The van der Waals surface area contributed by atoms with Gasteiger partial charge in [0.15, 0.2) is 0 Å². The molecule has 0 spiro atoms. The molecule has 1 aliphatic heterocycles.